The summed E-state index contributed by atoms with van der Waals surface area (Å²) >= 11 is 0. The average molecular weight is 372 g/mol. The number of benzene rings is 2. The monoisotopic (exact) mass is 372 g/mol. The van der Waals surface area contributed by atoms with Gasteiger partial charge in [-0.05, 0) is 42.8 Å². The van der Waals surface area contributed by atoms with E-state index in [-0.39, 0.29) is 17.1 Å². The zero-order valence-electron chi connectivity index (χ0n) is 14.1. The van der Waals surface area contributed by atoms with Crippen molar-refractivity contribution in [1.82, 2.24) is 9.78 Å². The van der Waals surface area contributed by atoms with Crippen molar-refractivity contribution in [3.05, 3.63) is 81.7 Å². The van der Waals surface area contributed by atoms with E-state index in [1.165, 1.54) is 41.2 Å². The molecular weight excluding hydrogens is 358 g/mol. The second kappa shape index (κ2) is 7.32. The van der Waals surface area contributed by atoms with E-state index in [0.717, 1.165) is 12.1 Å². The summed E-state index contributed by atoms with van der Waals surface area (Å²) in [7, 11) is 0. The highest BCUT2D eigenvalue weighted by atomic mass is 19.1. The maximum atomic E-state index is 13.4. The molecule has 138 valence electrons. The molecule has 0 aliphatic heterocycles. The quantitative estimate of drug-likeness (QED) is 0.544. The summed E-state index contributed by atoms with van der Waals surface area (Å²) in [6, 6.07) is 8.73. The van der Waals surface area contributed by atoms with E-state index in [0.29, 0.717) is 17.8 Å². The third-order valence-electron chi connectivity index (χ3n) is 3.92. The molecule has 27 heavy (non-hydrogen) atoms. The van der Waals surface area contributed by atoms with Gasteiger partial charge in [0.1, 0.15) is 5.82 Å². The summed E-state index contributed by atoms with van der Waals surface area (Å²) in [6.07, 6.45) is 1.82. The Bertz CT molecular complexity index is 1020. The van der Waals surface area contributed by atoms with Gasteiger partial charge in [-0.3, -0.25) is 14.9 Å². The van der Waals surface area contributed by atoms with E-state index in [1.54, 1.807) is 0 Å². The lowest BCUT2D eigenvalue weighted by molar-refractivity contribution is -0.387. The summed E-state index contributed by atoms with van der Waals surface area (Å²) in [5, 5.41) is 17.5. The molecule has 3 aromatic rings. The van der Waals surface area contributed by atoms with Crippen LogP contribution < -0.4 is 5.32 Å². The van der Waals surface area contributed by atoms with Crippen LogP contribution in [-0.4, -0.2) is 20.6 Å². The van der Waals surface area contributed by atoms with Crippen LogP contribution in [0.4, 0.5) is 20.2 Å². The molecule has 0 atom stereocenters. The lowest BCUT2D eigenvalue weighted by Crippen LogP contribution is -2.14. The van der Waals surface area contributed by atoms with Gasteiger partial charge >= 0.3 is 5.69 Å². The van der Waals surface area contributed by atoms with Gasteiger partial charge in [0.05, 0.1) is 28.1 Å². The van der Waals surface area contributed by atoms with Crippen LogP contribution in [0.5, 0.6) is 0 Å². The number of anilines is 1. The van der Waals surface area contributed by atoms with Crippen molar-refractivity contribution >= 4 is 17.3 Å². The number of nitrogens with zero attached hydrogens (tertiary/aromatic N) is 3. The van der Waals surface area contributed by atoms with E-state index in [1.807, 2.05) is 6.92 Å². The fourth-order valence-corrected chi connectivity index (χ4v) is 2.64. The highest BCUT2D eigenvalue weighted by Gasteiger charge is 2.19. The molecule has 9 heteroatoms. The van der Waals surface area contributed by atoms with Crippen molar-refractivity contribution in [2.75, 3.05) is 5.32 Å². The smallest absolute Gasteiger partial charge is 0.306 e. The minimum absolute atomic E-state index is 0.0877. The first kappa shape index (κ1) is 18.2. The summed E-state index contributed by atoms with van der Waals surface area (Å²) in [6.45, 7) is 1.83. The summed E-state index contributed by atoms with van der Waals surface area (Å²) in [5.41, 5.74) is 0.782. The molecule has 0 aliphatic carbocycles. The van der Waals surface area contributed by atoms with Crippen molar-refractivity contribution < 1.29 is 18.5 Å². The van der Waals surface area contributed by atoms with Crippen LogP contribution >= 0.6 is 0 Å². The maximum absolute atomic E-state index is 13.4. The fraction of sp³-hybridized carbons (Fsp3) is 0.111. The molecule has 0 saturated carbocycles. The van der Waals surface area contributed by atoms with Gasteiger partial charge in [-0.15, -0.1) is 0 Å². The molecule has 7 nitrogen and oxygen atoms in total. The van der Waals surface area contributed by atoms with Crippen LogP contribution in [0.2, 0.25) is 0 Å². The van der Waals surface area contributed by atoms with E-state index in [2.05, 4.69) is 10.4 Å². The highest BCUT2D eigenvalue weighted by molar-refractivity contribution is 6.05. The number of nitrogens with one attached hydrogen (secondary N) is 1. The SMILES string of the molecule is CCc1c(C(=O)Nc2ccc(F)c([N+](=O)[O-])c2)cnn1-c1ccc(F)cc1. The third-order valence-corrected chi connectivity index (χ3v) is 3.92. The Balaban J connectivity index is 1.91. The average Bonchev–Trinajstić information content (AvgIpc) is 3.07. The normalized spacial score (nSPS) is 10.6. The second-order valence-electron chi connectivity index (χ2n) is 5.62. The third kappa shape index (κ3) is 3.66. The van der Waals surface area contributed by atoms with Crippen LogP contribution in [0.1, 0.15) is 23.0 Å². The zero-order valence-corrected chi connectivity index (χ0v) is 14.1. The van der Waals surface area contributed by atoms with Crippen LogP contribution in [0.15, 0.2) is 48.7 Å². The molecule has 0 spiro atoms. The van der Waals surface area contributed by atoms with Gasteiger partial charge in [0.15, 0.2) is 0 Å². The Labute approximate surface area is 152 Å². The van der Waals surface area contributed by atoms with Gasteiger partial charge in [-0.2, -0.15) is 9.49 Å². The van der Waals surface area contributed by atoms with Gasteiger partial charge in [0, 0.05) is 11.8 Å². The Kier molecular flexibility index (Phi) is 4.93. The van der Waals surface area contributed by atoms with E-state index in [9.17, 15) is 23.7 Å². The number of hydrogen-bond acceptors (Lipinski definition) is 4. The molecule has 2 aromatic carbocycles. The van der Waals surface area contributed by atoms with Crippen molar-refractivity contribution in [1.29, 1.82) is 0 Å². The minimum atomic E-state index is -0.989. The topological polar surface area (TPSA) is 90.1 Å². The largest absolute Gasteiger partial charge is 0.322 e. The molecule has 0 fully saturated rings. The fourth-order valence-electron chi connectivity index (χ4n) is 2.64. The lowest BCUT2D eigenvalue weighted by atomic mass is 10.1. The number of carbonyl (C=O) groups excluding carboxylic acids is 1. The van der Waals surface area contributed by atoms with Gasteiger partial charge in [0.2, 0.25) is 5.82 Å². The van der Waals surface area contributed by atoms with Crippen LogP contribution in [0.25, 0.3) is 5.69 Å². The first-order valence-electron chi connectivity index (χ1n) is 7.98. The Hall–Kier alpha value is -3.62. The predicted molar refractivity (Wildman–Crippen MR) is 93.9 cm³/mol. The standard InChI is InChI=1S/C18H14F2N4O3/c1-2-16-14(10-21-23(16)13-6-3-11(19)4-7-13)18(25)22-12-5-8-15(20)17(9-12)24(26)27/h3-10H,2H2,1H3,(H,22,25). The predicted octanol–water partition coefficient (Wildman–Crippen LogP) is 3.87. The Morgan fingerprint density at radius 1 is 1.22 bits per heavy atom. The Morgan fingerprint density at radius 2 is 1.93 bits per heavy atom. The molecule has 0 bridgehead atoms. The van der Waals surface area contributed by atoms with Crippen LogP contribution in [-0.2, 0) is 6.42 Å². The molecule has 3 rings (SSSR count). The van der Waals surface area contributed by atoms with E-state index < -0.39 is 22.3 Å². The summed E-state index contributed by atoms with van der Waals surface area (Å²) in [4.78, 5) is 22.5. The maximum Gasteiger partial charge on any atom is 0.306 e. The van der Waals surface area contributed by atoms with E-state index in [4.69, 9.17) is 0 Å². The molecule has 1 N–H and O–H groups in total. The van der Waals surface area contributed by atoms with Crippen molar-refractivity contribution in [2.24, 2.45) is 0 Å². The number of carbonyl (C=O) groups is 1. The Morgan fingerprint density at radius 3 is 2.56 bits per heavy atom. The molecule has 1 aromatic heterocycles. The van der Waals surface area contributed by atoms with Crippen molar-refractivity contribution in [3.8, 4) is 5.69 Å². The van der Waals surface area contributed by atoms with Crippen LogP contribution in [0.3, 0.4) is 0 Å². The number of nitro benzene ring substituents is 1. The molecule has 1 heterocycles. The number of nitro groups is 1. The second-order valence-corrected chi connectivity index (χ2v) is 5.62. The number of amides is 1. The molecular formula is C18H14F2N4O3. The van der Waals surface area contributed by atoms with Gasteiger partial charge in [-0.25, -0.2) is 9.07 Å². The summed E-state index contributed by atoms with van der Waals surface area (Å²) in [5.74, 6) is -1.92. The zero-order chi connectivity index (χ0) is 19.6. The minimum Gasteiger partial charge on any atom is -0.322 e. The van der Waals surface area contributed by atoms with Crippen LogP contribution in [0, 0.1) is 21.7 Å². The number of rotatable bonds is 5. The summed E-state index contributed by atoms with van der Waals surface area (Å²) < 4.78 is 28.0. The van der Waals surface area contributed by atoms with E-state index >= 15 is 0 Å². The molecule has 1 amide bonds. The van der Waals surface area contributed by atoms with Gasteiger partial charge in [0.25, 0.3) is 5.91 Å². The lowest BCUT2D eigenvalue weighted by Gasteiger charge is -2.09. The van der Waals surface area contributed by atoms with Crippen molar-refractivity contribution in [2.45, 2.75) is 13.3 Å². The molecule has 0 radical (unpaired) electrons. The number of halogens is 2. The van der Waals surface area contributed by atoms with Gasteiger partial charge < -0.3 is 5.32 Å². The first-order valence-corrected chi connectivity index (χ1v) is 7.98. The van der Waals surface area contributed by atoms with Crippen molar-refractivity contribution in [3.63, 3.8) is 0 Å². The molecule has 0 aliphatic rings. The molecule has 0 unspecified atom stereocenters. The number of aromatic nitrogens is 2. The molecule has 0 saturated heterocycles. The van der Waals surface area contributed by atoms with Gasteiger partial charge in [-0.1, -0.05) is 6.92 Å². The number of hydrogen-bond donors (Lipinski definition) is 1. The highest BCUT2D eigenvalue weighted by Crippen LogP contribution is 2.23. The first-order chi connectivity index (χ1) is 12.9.